The molecule has 1 amide bonds. The van der Waals surface area contributed by atoms with Gasteiger partial charge in [-0.25, -0.2) is 4.98 Å². The van der Waals surface area contributed by atoms with E-state index < -0.39 is 0 Å². The van der Waals surface area contributed by atoms with Gasteiger partial charge in [-0.3, -0.25) is 4.79 Å². The van der Waals surface area contributed by atoms with Crippen LogP contribution in [0.15, 0.2) is 48.8 Å². The van der Waals surface area contributed by atoms with Crippen molar-refractivity contribution in [2.75, 3.05) is 31.1 Å². The number of carbonyl (C=O) groups is 1. The molecule has 1 aromatic carbocycles. The van der Waals surface area contributed by atoms with E-state index in [0.29, 0.717) is 23.7 Å². The van der Waals surface area contributed by atoms with Gasteiger partial charge in [-0.1, -0.05) is 11.6 Å². The summed E-state index contributed by atoms with van der Waals surface area (Å²) in [5.41, 5.74) is 1.50. The average molecular weight is 342 g/mol. The molecule has 0 N–H and O–H groups in total. The molecular formula is C17H16ClN5O. The highest BCUT2D eigenvalue weighted by atomic mass is 35.5. The number of hydrogen-bond acceptors (Lipinski definition) is 4. The number of piperazine rings is 1. The number of anilines is 1. The molecule has 3 heterocycles. The predicted molar refractivity (Wildman–Crippen MR) is 92.6 cm³/mol. The van der Waals surface area contributed by atoms with Gasteiger partial charge < -0.3 is 9.80 Å². The molecule has 0 spiro atoms. The van der Waals surface area contributed by atoms with Crippen molar-refractivity contribution in [2.45, 2.75) is 0 Å². The third-order valence-corrected chi connectivity index (χ3v) is 4.50. The van der Waals surface area contributed by atoms with Crippen LogP contribution in [-0.4, -0.2) is 51.6 Å². The van der Waals surface area contributed by atoms with E-state index in [9.17, 15) is 4.79 Å². The third-order valence-electron chi connectivity index (χ3n) is 4.25. The van der Waals surface area contributed by atoms with Crippen LogP contribution in [0, 0.1) is 0 Å². The van der Waals surface area contributed by atoms with Crippen molar-refractivity contribution >= 4 is 29.0 Å². The van der Waals surface area contributed by atoms with Crippen LogP contribution in [0.3, 0.4) is 0 Å². The molecule has 6 nitrogen and oxygen atoms in total. The molecule has 7 heteroatoms. The molecule has 2 aromatic heterocycles. The number of rotatable bonds is 2. The van der Waals surface area contributed by atoms with E-state index in [-0.39, 0.29) is 5.91 Å². The minimum atomic E-state index is 0.0466. The van der Waals surface area contributed by atoms with Crippen LogP contribution in [0.1, 0.15) is 10.4 Å². The Labute approximate surface area is 144 Å². The largest absolute Gasteiger partial charge is 0.353 e. The normalized spacial score (nSPS) is 15.0. The number of aromatic nitrogens is 3. The highest BCUT2D eigenvalue weighted by molar-refractivity contribution is 6.30. The maximum absolute atomic E-state index is 12.6. The van der Waals surface area contributed by atoms with E-state index in [1.807, 2.05) is 21.5 Å². The van der Waals surface area contributed by atoms with Crippen molar-refractivity contribution in [1.82, 2.24) is 19.5 Å². The minimum Gasteiger partial charge on any atom is -0.353 e. The molecule has 1 saturated heterocycles. The molecule has 0 aliphatic carbocycles. The lowest BCUT2D eigenvalue weighted by molar-refractivity contribution is 0.0746. The van der Waals surface area contributed by atoms with E-state index >= 15 is 0 Å². The zero-order valence-corrected chi connectivity index (χ0v) is 13.7. The van der Waals surface area contributed by atoms with Crippen LogP contribution in [-0.2, 0) is 0 Å². The van der Waals surface area contributed by atoms with E-state index in [2.05, 4.69) is 15.0 Å². The maximum atomic E-state index is 12.6. The Morgan fingerprint density at radius 2 is 1.71 bits per heavy atom. The molecule has 3 aromatic rings. The van der Waals surface area contributed by atoms with Crippen molar-refractivity contribution in [3.8, 4) is 0 Å². The Morgan fingerprint density at radius 1 is 0.958 bits per heavy atom. The fourth-order valence-corrected chi connectivity index (χ4v) is 3.10. The molecule has 0 atom stereocenters. The van der Waals surface area contributed by atoms with Gasteiger partial charge >= 0.3 is 0 Å². The van der Waals surface area contributed by atoms with Gasteiger partial charge in [-0.2, -0.15) is 9.61 Å². The molecule has 24 heavy (non-hydrogen) atoms. The van der Waals surface area contributed by atoms with Crippen LogP contribution in [0.5, 0.6) is 0 Å². The first kappa shape index (κ1) is 15.0. The summed E-state index contributed by atoms with van der Waals surface area (Å²) < 4.78 is 1.83. The van der Waals surface area contributed by atoms with Crippen molar-refractivity contribution in [3.05, 3.63) is 59.4 Å². The van der Waals surface area contributed by atoms with Gasteiger partial charge in [-0.05, 0) is 30.3 Å². The summed E-state index contributed by atoms with van der Waals surface area (Å²) in [6, 6.07) is 10.9. The van der Waals surface area contributed by atoms with Crippen LogP contribution < -0.4 is 4.90 Å². The summed E-state index contributed by atoms with van der Waals surface area (Å²) in [6.45, 7) is 2.87. The van der Waals surface area contributed by atoms with Gasteiger partial charge in [-0.15, -0.1) is 0 Å². The number of hydrogen-bond donors (Lipinski definition) is 0. The number of nitrogens with zero attached hydrogens (tertiary/aromatic N) is 5. The monoisotopic (exact) mass is 341 g/mol. The highest BCUT2D eigenvalue weighted by Crippen LogP contribution is 2.18. The third kappa shape index (κ3) is 2.69. The summed E-state index contributed by atoms with van der Waals surface area (Å²) in [7, 11) is 0. The molecule has 4 rings (SSSR count). The molecule has 0 saturated carbocycles. The van der Waals surface area contributed by atoms with Crippen molar-refractivity contribution in [1.29, 1.82) is 0 Å². The highest BCUT2D eigenvalue weighted by Gasteiger charge is 2.23. The van der Waals surface area contributed by atoms with E-state index in [0.717, 1.165) is 24.6 Å². The van der Waals surface area contributed by atoms with Crippen LogP contribution in [0.25, 0.3) is 5.65 Å². The average Bonchev–Trinajstić information content (AvgIpc) is 3.11. The first-order valence-corrected chi connectivity index (χ1v) is 8.19. The summed E-state index contributed by atoms with van der Waals surface area (Å²) >= 11 is 5.88. The first-order valence-electron chi connectivity index (χ1n) is 7.81. The Bertz CT molecular complexity index is 868. The molecular weight excluding hydrogens is 326 g/mol. The van der Waals surface area contributed by atoms with Crippen LogP contribution >= 0.6 is 11.6 Å². The summed E-state index contributed by atoms with van der Waals surface area (Å²) in [5, 5.41) is 4.96. The van der Waals surface area contributed by atoms with Crippen molar-refractivity contribution in [3.63, 3.8) is 0 Å². The minimum absolute atomic E-state index is 0.0466. The molecule has 1 aliphatic heterocycles. The quantitative estimate of drug-likeness (QED) is 0.718. The van der Waals surface area contributed by atoms with Gasteiger partial charge in [0.05, 0.1) is 6.20 Å². The molecule has 0 bridgehead atoms. The first-order chi connectivity index (χ1) is 11.7. The lowest BCUT2D eigenvalue weighted by atomic mass is 10.2. The van der Waals surface area contributed by atoms with E-state index in [1.54, 1.807) is 36.7 Å². The second-order valence-electron chi connectivity index (χ2n) is 5.69. The second kappa shape index (κ2) is 6.13. The summed E-state index contributed by atoms with van der Waals surface area (Å²) in [6.07, 6.45) is 3.53. The number of halogens is 1. The molecule has 1 aliphatic rings. The zero-order valence-electron chi connectivity index (χ0n) is 13.0. The van der Waals surface area contributed by atoms with Gasteiger partial charge in [0.15, 0.2) is 5.65 Å². The smallest absolute Gasteiger partial charge is 0.253 e. The topological polar surface area (TPSA) is 53.7 Å². The molecule has 0 unspecified atom stereocenters. The summed E-state index contributed by atoms with van der Waals surface area (Å²) in [4.78, 5) is 21.0. The number of carbonyl (C=O) groups excluding carboxylic acids is 1. The summed E-state index contributed by atoms with van der Waals surface area (Å²) in [5.74, 6) is 1.05. The lowest BCUT2D eigenvalue weighted by Crippen LogP contribution is -2.49. The Hall–Kier alpha value is -2.60. The number of fused-ring (bicyclic) bond motifs is 1. The molecule has 1 fully saturated rings. The predicted octanol–water partition coefficient (Wildman–Crippen LogP) is 2.35. The van der Waals surface area contributed by atoms with Gasteiger partial charge in [0, 0.05) is 49.0 Å². The Balaban J connectivity index is 1.48. The van der Waals surface area contributed by atoms with Crippen molar-refractivity contribution < 1.29 is 4.79 Å². The lowest BCUT2D eigenvalue weighted by Gasteiger charge is -2.36. The second-order valence-corrected chi connectivity index (χ2v) is 6.13. The van der Waals surface area contributed by atoms with E-state index in [4.69, 9.17) is 11.6 Å². The fourth-order valence-electron chi connectivity index (χ4n) is 2.97. The maximum Gasteiger partial charge on any atom is 0.253 e. The van der Waals surface area contributed by atoms with Gasteiger partial charge in [0.2, 0.25) is 0 Å². The Morgan fingerprint density at radius 3 is 2.46 bits per heavy atom. The number of amides is 1. The zero-order chi connectivity index (χ0) is 16.5. The standard InChI is InChI=1S/C17H16ClN5O/c18-14-3-1-13(2-4-14)17(24)22-11-9-21(10-12-22)16-6-7-19-15-5-8-20-23(15)16/h1-8H,9-12H2. The van der Waals surface area contributed by atoms with Gasteiger partial charge in [0.25, 0.3) is 5.91 Å². The van der Waals surface area contributed by atoms with E-state index in [1.165, 1.54) is 0 Å². The van der Waals surface area contributed by atoms with Crippen LogP contribution in [0.2, 0.25) is 5.02 Å². The molecule has 0 radical (unpaired) electrons. The fraction of sp³-hybridized carbons (Fsp3) is 0.235. The number of benzene rings is 1. The van der Waals surface area contributed by atoms with Gasteiger partial charge in [0.1, 0.15) is 5.82 Å². The molecule has 122 valence electrons. The Kier molecular flexibility index (Phi) is 3.82. The SMILES string of the molecule is O=C(c1ccc(Cl)cc1)N1CCN(c2ccnc3ccnn23)CC1. The van der Waals surface area contributed by atoms with Crippen LogP contribution in [0.4, 0.5) is 5.82 Å². The van der Waals surface area contributed by atoms with Crippen molar-refractivity contribution in [2.24, 2.45) is 0 Å².